The zero-order chi connectivity index (χ0) is 15.6. The highest BCUT2D eigenvalue weighted by Gasteiger charge is 2.20. The second kappa shape index (κ2) is 5.97. The number of methoxy groups -OCH3 is 1. The SMILES string of the molecule is COc1ccc(NC2C=CC3=Nc4ccccc4SC3=C2)cc1. The van der Waals surface area contributed by atoms with Gasteiger partial charge in [0.05, 0.1) is 24.6 Å². The van der Waals surface area contributed by atoms with E-state index in [-0.39, 0.29) is 6.04 Å². The molecule has 0 spiro atoms. The quantitative estimate of drug-likeness (QED) is 0.881. The maximum absolute atomic E-state index is 5.19. The summed E-state index contributed by atoms with van der Waals surface area (Å²) >= 11 is 1.78. The number of hydrogen-bond acceptors (Lipinski definition) is 4. The van der Waals surface area contributed by atoms with E-state index in [1.807, 2.05) is 30.3 Å². The molecule has 4 rings (SSSR count). The number of fused-ring (bicyclic) bond motifs is 2. The molecule has 0 aromatic heterocycles. The van der Waals surface area contributed by atoms with Crippen LogP contribution >= 0.6 is 11.8 Å². The minimum Gasteiger partial charge on any atom is -0.497 e. The van der Waals surface area contributed by atoms with Crippen molar-refractivity contribution < 1.29 is 4.74 Å². The third-order valence-electron chi connectivity index (χ3n) is 3.79. The Hall–Kier alpha value is -2.46. The van der Waals surface area contributed by atoms with Crippen molar-refractivity contribution in [1.29, 1.82) is 0 Å². The lowest BCUT2D eigenvalue weighted by atomic mass is 10.1. The lowest BCUT2D eigenvalue weighted by Gasteiger charge is -2.22. The molecule has 1 aliphatic heterocycles. The Bertz CT molecular complexity index is 822. The fraction of sp³-hybridized carbons (Fsp3) is 0.105. The van der Waals surface area contributed by atoms with Crippen molar-refractivity contribution in [3.63, 3.8) is 0 Å². The molecule has 0 bridgehead atoms. The number of nitrogens with one attached hydrogen (secondary N) is 1. The molecule has 1 aliphatic carbocycles. The summed E-state index contributed by atoms with van der Waals surface area (Å²) in [6, 6.07) is 16.4. The second-order valence-corrected chi connectivity index (χ2v) is 6.44. The highest BCUT2D eigenvalue weighted by molar-refractivity contribution is 8.04. The van der Waals surface area contributed by atoms with Gasteiger partial charge in [-0.2, -0.15) is 0 Å². The van der Waals surface area contributed by atoms with Gasteiger partial charge >= 0.3 is 0 Å². The molecule has 1 unspecified atom stereocenters. The maximum Gasteiger partial charge on any atom is 0.119 e. The summed E-state index contributed by atoms with van der Waals surface area (Å²) in [5, 5.41) is 3.50. The second-order valence-electron chi connectivity index (χ2n) is 5.36. The molecular weight excluding hydrogens is 304 g/mol. The first-order valence-corrected chi connectivity index (χ1v) is 8.30. The molecule has 0 saturated carbocycles. The zero-order valence-electron chi connectivity index (χ0n) is 12.7. The van der Waals surface area contributed by atoms with Gasteiger partial charge in [-0.25, -0.2) is 4.99 Å². The predicted molar refractivity (Wildman–Crippen MR) is 97.0 cm³/mol. The van der Waals surface area contributed by atoms with Crippen LogP contribution < -0.4 is 10.1 Å². The molecule has 1 N–H and O–H groups in total. The monoisotopic (exact) mass is 320 g/mol. The lowest BCUT2D eigenvalue weighted by Crippen LogP contribution is -2.19. The number of allylic oxidation sites excluding steroid dienone is 2. The summed E-state index contributed by atoms with van der Waals surface area (Å²) in [4.78, 5) is 7.14. The molecule has 0 amide bonds. The molecule has 0 saturated heterocycles. The zero-order valence-corrected chi connectivity index (χ0v) is 13.5. The highest BCUT2D eigenvalue weighted by Crippen LogP contribution is 2.41. The first-order valence-electron chi connectivity index (χ1n) is 7.48. The Kier molecular flexibility index (Phi) is 3.67. The molecule has 1 atom stereocenters. The van der Waals surface area contributed by atoms with E-state index < -0.39 is 0 Å². The van der Waals surface area contributed by atoms with E-state index >= 15 is 0 Å². The topological polar surface area (TPSA) is 33.6 Å². The molecule has 1 heterocycles. The largest absolute Gasteiger partial charge is 0.497 e. The van der Waals surface area contributed by atoms with E-state index in [1.165, 1.54) is 9.80 Å². The number of rotatable bonds is 3. The maximum atomic E-state index is 5.19. The van der Waals surface area contributed by atoms with Gasteiger partial charge in [-0.1, -0.05) is 30.0 Å². The standard InChI is InChI=1S/C19H16N2OS/c1-22-15-9-6-13(7-10-15)20-14-8-11-17-19(12-14)23-18-5-3-2-4-16(18)21-17/h2-12,14,20H,1H3. The highest BCUT2D eigenvalue weighted by atomic mass is 32.2. The van der Waals surface area contributed by atoms with E-state index in [2.05, 4.69) is 41.7 Å². The number of anilines is 1. The molecule has 2 aromatic carbocycles. The average molecular weight is 320 g/mol. The van der Waals surface area contributed by atoms with Gasteiger partial charge in [-0.05, 0) is 48.6 Å². The van der Waals surface area contributed by atoms with Crippen LogP contribution in [0.15, 0.2) is 81.6 Å². The Morgan fingerprint density at radius 3 is 2.74 bits per heavy atom. The van der Waals surface area contributed by atoms with Crippen molar-refractivity contribution in [3.05, 3.63) is 71.7 Å². The fourth-order valence-electron chi connectivity index (χ4n) is 2.61. The van der Waals surface area contributed by atoms with Crippen LogP contribution in [0.25, 0.3) is 0 Å². The average Bonchev–Trinajstić information content (AvgIpc) is 2.60. The van der Waals surface area contributed by atoms with E-state index in [0.29, 0.717) is 0 Å². The first-order chi connectivity index (χ1) is 11.3. The molecule has 0 radical (unpaired) electrons. The van der Waals surface area contributed by atoms with Crippen LogP contribution in [0.2, 0.25) is 0 Å². The van der Waals surface area contributed by atoms with Crippen molar-refractivity contribution in [2.45, 2.75) is 10.9 Å². The number of para-hydroxylation sites is 1. The van der Waals surface area contributed by atoms with Crippen molar-refractivity contribution >= 4 is 28.8 Å². The van der Waals surface area contributed by atoms with Crippen LogP contribution in [0, 0.1) is 0 Å². The molecule has 114 valence electrons. The number of nitrogens with zero attached hydrogens (tertiary/aromatic N) is 1. The molecule has 2 aromatic rings. The third kappa shape index (κ3) is 2.90. The summed E-state index contributed by atoms with van der Waals surface area (Å²) in [7, 11) is 1.68. The smallest absolute Gasteiger partial charge is 0.119 e. The van der Waals surface area contributed by atoms with Crippen LogP contribution in [0.1, 0.15) is 0 Å². The summed E-state index contributed by atoms with van der Waals surface area (Å²) in [5.74, 6) is 0.863. The first kappa shape index (κ1) is 14.2. The number of benzene rings is 2. The van der Waals surface area contributed by atoms with Gasteiger partial charge in [0, 0.05) is 15.5 Å². The van der Waals surface area contributed by atoms with Gasteiger partial charge in [-0.15, -0.1) is 0 Å². The van der Waals surface area contributed by atoms with Gasteiger partial charge in [0.2, 0.25) is 0 Å². The van der Waals surface area contributed by atoms with Crippen LogP contribution in [0.3, 0.4) is 0 Å². The number of aliphatic imine (C=N–C) groups is 1. The fourth-order valence-corrected chi connectivity index (χ4v) is 3.65. The normalized spacial score (nSPS) is 18.4. The summed E-state index contributed by atoms with van der Waals surface area (Å²) in [6.07, 6.45) is 6.46. The van der Waals surface area contributed by atoms with Crippen LogP contribution in [0.4, 0.5) is 11.4 Å². The summed E-state index contributed by atoms with van der Waals surface area (Å²) in [5.41, 5.74) is 3.16. The molecule has 3 nitrogen and oxygen atoms in total. The predicted octanol–water partition coefficient (Wildman–Crippen LogP) is 4.81. The Morgan fingerprint density at radius 1 is 1.09 bits per heavy atom. The molecular formula is C19H16N2OS. The summed E-state index contributed by atoms with van der Waals surface area (Å²) < 4.78 is 5.19. The minimum atomic E-state index is 0.162. The van der Waals surface area contributed by atoms with Gasteiger partial charge in [0.1, 0.15) is 5.75 Å². The van der Waals surface area contributed by atoms with Gasteiger partial charge in [-0.3, -0.25) is 0 Å². The van der Waals surface area contributed by atoms with Crippen molar-refractivity contribution in [3.8, 4) is 5.75 Å². The van der Waals surface area contributed by atoms with Gasteiger partial charge in [0.15, 0.2) is 0 Å². The van der Waals surface area contributed by atoms with Crippen molar-refractivity contribution in [2.24, 2.45) is 4.99 Å². The van der Waals surface area contributed by atoms with Crippen molar-refractivity contribution in [2.75, 3.05) is 12.4 Å². The van der Waals surface area contributed by atoms with E-state index in [9.17, 15) is 0 Å². The van der Waals surface area contributed by atoms with Gasteiger partial charge < -0.3 is 10.1 Å². The van der Waals surface area contributed by atoms with Crippen LogP contribution in [-0.2, 0) is 0 Å². The summed E-state index contributed by atoms with van der Waals surface area (Å²) in [6.45, 7) is 0. The van der Waals surface area contributed by atoms with E-state index in [0.717, 1.165) is 22.8 Å². The van der Waals surface area contributed by atoms with E-state index in [1.54, 1.807) is 18.9 Å². The van der Waals surface area contributed by atoms with Gasteiger partial charge in [0.25, 0.3) is 0 Å². The minimum absolute atomic E-state index is 0.162. The van der Waals surface area contributed by atoms with Crippen LogP contribution in [-0.4, -0.2) is 18.9 Å². The lowest BCUT2D eigenvalue weighted by molar-refractivity contribution is 0.415. The Balaban J connectivity index is 1.55. The molecule has 4 heteroatoms. The number of hydrogen-bond donors (Lipinski definition) is 1. The molecule has 0 fully saturated rings. The Labute approximate surface area is 139 Å². The molecule has 2 aliphatic rings. The third-order valence-corrected chi connectivity index (χ3v) is 4.92. The number of thioether (sulfide) groups is 1. The molecule has 23 heavy (non-hydrogen) atoms. The van der Waals surface area contributed by atoms with Crippen molar-refractivity contribution in [1.82, 2.24) is 0 Å². The number of ether oxygens (including phenoxy) is 1. The Morgan fingerprint density at radius 2 is 1.91 bits per heavy atom. The van der Waals surface area contributed by atoms with Crippen LogP contribution in [0.5, 0.6) is 5.75 Å². The van der Waals surface area contributed by atoms with E-state index in [4.69, 9.17) is 9.73 Å².